The highest BCUT2D eigenvalue weighted by molar-refractivity contribution is 14.0. The molecule has 2 fully saturated rings. The lowest BCUT2D eigenvalue weighted by Crippen LogP contribution is -2.48. The van der Waals surface area contributed by atoms with E-state index in [0.717, 1.165) is 57.9 Å². The zero-order chi connectivity index (χ0) is 18.8. The number of aliphatic imine (C=N–C) groups is 1. The lowest BCUT2D eigenvalue weighted by molar-refractivity contribution is -0.132. The fraction of sp³-hybridized carbons (Fsp3) is 0.900. The van der Waals surface area contributed by atoms with Crippen LogP contribution in [-0.2, 0) is 4.79 Å². The van der Waals surface area contributed by atoms with E-state index in [1.807, 2.05) is 4.90 Å². The maximum atomic E-state index is 12.4. The highest BCUT2D eigenvalue weighted by Gasteiger charge is 2.21. The molecular formula is C20H40IN5O. The normalized spacial score (nSPS) is 22.3. The van der Waals surface area contributed by atoms with Crippen LogP contribution in [-0.4, -0.2) is 73.5 Å². The summed E-state index contributed by atoms with van der Waals surface area (Å²) in [4.78, 5) is 21.6. The molecule has 0 aromatic heterocycles. The molecule has 2 aliphatic rings. The van der Waals surface area contributed by atoms with Crippen molar-refractivity contribution in [3.8, 4) is 0 Å². The number of amides is 1. The largest absolute Gasteiger partial charge is 0.357 e. The van der Waals surface area contributed by atoms with E-state index in [4.69, 9.17) is 0 Å². The minimum atomic E-state index is 0. The van der Waals surface area contributed by atoms with E-state index >= 15 is 0 Å². The smallest absolute Gasteiger partial charge is 0.224 e. The van der Waals surface area contributed by atoms with Gasteiger partial charge in [0, 0.05) is 45.2 Å². The van der Waals surface area contributed by atoms with Crippen molar-refractivity contribution in [2.75, 3.05) is 45.8 Å². The second-order valence-electron chi connectivity index (χ2n) is 7.86. The van der Waals surface area contributed by atoms with Crippen molar-refractivity contribution >= 4 is 35.8 Å². The Labute approximate surface area is 182 Å². The highest BCUT2D eigenvalue weighted by Crippen LogP contribution is 2.16. The number of nitrogens with one attached hydrogen (secondary N) is 2. The molecule has 7 heteroatoms. The Bertz CT molecular complexity index is 452. The van der Waals surface area contributed by atoms with Gasteiger partial charge in [0.15, 0.2) is 5.96 Å². The molecule has 2 rings (SSSR count). The molecule has 0 saturated carbocycles. The molecule has 6 nitrogen and oxygen atoms in total. The van der Waals surface area contributed by atoms with E-state index in [1.165, 1.54) is 19.4 Å². The summed E-state index contributed by atoms with van der Waals surface area (Å²) >= 11 is 0. The Balaban J connectivity index is 0.00000364. The number of carbonyl (C=O) groups excluding carboxylic acids is 1. The molecule has 158 valence electrons. The fourth-order valence-electron chi connectivity index (χ4n) is 3.97. The zero-order valence-electron chi connectivity index (χ0n) is 17.5. The van der Waals surface area contributed by atoms with Crippen molar-refractivity contribution in [3.05, 3.63) is 0 Å². The molecule has 1 atom stereocenters. The first-order chi connectivity index (χ1) is 12.6. The molecule has 0 bridgehead atoms. The summed E-state index contributed by atoms with van der Waals surface area (Å²) in [5, 5.41) is 6.89. The van der Waals surface area contributed by atoms with Gasteiger partial charge in [-0.3, -0.25) is 9.79 Å². The number of hydrogen-bond acceptors (Lipinski definition) is 3. The highest BCUT2D eigenvalue weighted by atomic mass is 127. The van der Waals surface area contributed by atoms with Crippen LogP contribution in [0.2, 0.25) is 0 Å². The number of piperidine rings is 2. The average Bonchev–Trinajstić information content (AvgIpc) is 2.63. The van der Waals surface area contributed by atoms with Crippen LogP contribution in [0.1, 0.15) is 59.3 Å². The average molecular weight is 493 g/mol. The lowest BCUT2D eigenvalue weighted by Gasteiger charge is -2.33. The minimum absolute atomic E-state index is 0. The quantitative estimate of drug-likeness (QED) is 0.325. The van der Waals surface area contributed by atoms with Crippen molar-refractivity contribution in [1.82, 2.24) is 20.4 Å². The van der Waals surface area contributed by atoms with Crippen molar-refractivity contribution in [2.45, 2.75) is 65.3 Å². The molecule has 2 saturated heterocycles. The van der Waals surface area contributed by atoms with E-state index < -0.39 is 0 Å². The van der Waals surface area contributed by atoms with Gasteiger partial charge in [0.05, 0.1) is 6.54 Å². The third kappa shape index (κ3) is 8.98. The van der Waals surface area contributed by atoms with Crippen molar-refractivity contribution in [2.24, 2.45) is 10.9 Å². The number of guanidine groups is 1. The SMILES string of the molecule is CCCN1CCC(NC(=NCCC(=O)N2CCCC(C)C2)NCC)CC1.I. The van der Waals surface area contributed by atoms with Crippen LogP contribution in [0.5, 0.6) is 0 Å². The molecule has 2 N–H and O–H groups in total. The van der Waals surface area contributed by atoms with E-state index in [9.17, 15) is 4.79 Å². The number of halogens is 1. The molecule has 0 aliphatic carbocycles. The first-order valence-corrected chi connectivity index (χ1v) is 10.7. The second kappa shape index (κ2) is 13.6. The van der Waals surface area contributed by atoms with Gasteiger partial charge in [0.2, 0.25) is 5.91 Å². The summed E-state index contributed by atoms with van der Waals surface area (Å²) in [6.45, 7) is 13.3. The number of likely N-dealkylation sites (tertiary alicyclic amines) is 2. The summed E-state index contributed by atoms with van der Waals surface area (Å²) in [5.41, 5.74) is 0. The predicted octanol–water partition coefficient (Wildman–Crippen LogP) is 2.68. The Hall–Kier alpha value is -0.570. The lowest BCUT2D eigenvalue weighted by atomic mass is 10.00. The maximum absolute atomic E-state index is 12.4. The third-order valence-electron chi connectivity index (χ3n) is 5.42. The predicted molar refractivity (Wildman–Crippen MR) is 124 cm³/mol. The van der Waals surface area contributed by atoms with Crippen molar-refractivity contribution in [1.29, 1.82) is 0 Å². The molecule has 1 unspecified atom stereocenters. The second-order valence-corrected chi connectivity index (χ2v) is 7.86. The standard InChI is InChI=1S/C20H39N5O.HI/c1-4-12-24-14-9-18(10-15-24)23-20(21-5-2)22-11-8-19(26)25-13-6-7-17(3)16-25;/h17-18H,4-16H2,1-3H3,(H2,21,22,23);1H. The van der Waals surface area contributed by atoms with Gasteiger partial charge in [0.1, 0.15) is 0 Å². The number of hydrogen-bond donors (Lipinski definition) is 2. The van der Waals surface area contributed by atoms with Crippen molar-refractivity contribution in [3.63, 3.8) is 0 Å². The van der Waals surface area contributed by atoms with Crippen molar-refractivity contribution < 1.29 is 4.79 Å². The summed E-state index contributed by atoms with van der Waals surface area (Å²) in [6, 6.07) is 0.486. The molecule has 1 amide bonds. The molecule has 0 aromatic carbocycles. The summed E-state index contributed by atoms with van der Waals surface area (Å²) in [6.07, 6.45) is 6.44. The molecule has 0 aromatic rings. The van der Waals surface area contributed by atoms with Crippen LogP contribution >= 0.6 is 24.0 Å². The maximum Gasteiger partial charge on any atom is 0.224 e. The first-order valence-electron chi connectivity index (χ1n) is 10.7. The van der Waals surface area contributed by atoms with Gasteiger partial charge >= 0.3 is 0 Å². The Morgan fingerprint density at radius 2 is 1.89 bits per heavy atom. The number of carbonyl (C=O) groups is 1. The summed E-state index contributed by atoms with van der Waals surface area (Å²) < 4.78 is 0. The van der Waals surface area contributed by atoms with E-state index in [1.54, 1.807) is 0 Å². The van der Waals surface area contributed by atoms with Crippen LogP contribution in [0.25, 0.3) is 0 Å². The number of rotatable bonds is 7. The molecule has 2 aliphatic heterocycles. The van der Waals surface area contributed by atoms with Gasteiger partial charge in [-0.1, -0.05) is 13.8 Å². The van der Waals surface area contributed by atoms with Crippen LogP contribution in [0.4, 0.5) is 0 Å². The van der Waals surface area contributed by atoms with E-state index in [-0.39, 0.29) is 29.9 Å². The fourth-order valence-corrected chi connectivity index (χ4v) is 3.97. The van der Waals surface area contributed by atoms with E-state index in [0.29, 0.717) is 24.9 Å². The topological polar surface area (TPSA) is 60.0 Å². The van der Waals surface area contributed by atoms with Gasteiger partial charge in [-0.05, 0) is 51.5 Å². The van der Waals surface area contributed by atoms with Gasteiger partial charge in [-0.2, -0.15) is 0 Å². The minimum Gasteiger partial charge on any atom is -0.357 e. The van der Waals surface area contributed by atoms with Crippen LogP contribution in [0.15, 0.2) is 4.99 Å². The van der Waals surface area contributed by atoms with Crippen LogP contribution in [0.3, 0.4) is 0 Å². The summed E-state index contributed by atoms with van der Waals surface area (Å²) in [5.74, 6) is 1.75. The van der Waals surface area contributed by atoms with Gasteiger partial charge in [-0.15, -0.1) is 24.0 Å². The molecule has 0 radical (unpaired) electrons. The molecular weight excluding hydrogens is 453 g/mol. The Morgan fingerprint density at radius 1 is 1.15 bits per heavy atom. The number of nitrogens with zero attached hydrogens (tertiary/aromatic N) is 3. The zero-order valence-corrected chi connectivity index (χ0v) is 19.8. The third-order valence-corrected chi connectivity index (χ3v) is 5.42. The first kappa shape index (κ1) is 24.5. The van der Waals surface area contributed by atoms with Gasteiger partial charge < -0.3 is 20.4 Å². The summed E-state index contributed by atoms with van der Waals surface area (Å²) in [7, 11) is 0. The Morgan fingerprint density at radius 3 is 2.52 bits per heavy atom. The monoisotopic (exact) mass is 493 g/mol. The molecule has 0 spiro atoms. The van der Waals surface area contributed by atoms with E-state index in [2.05, 4.69) is 41.3 Å². The Kier molecular flexibility index (Phi) is 12.3. The molecule has 2 heterocycles. The van der Waals surface area contributed by atoms with Crippen LogP contribution in [0, 0.1) is 5.92 Å². The van der Waals surface area contributed by atoms with Gasteiger partial charge in [-0.25, -0.2) is 0 Å². The van der Waals surface area contributed by atoms with Gasteiger partial charge in [0.25, 0.3) is 0 Å². The molecule has 27 heavy (non-hydrogen) atoms. The van der Waals surface area contributed by atoms with Crippen LogP contribution < -0.4 is 10.6 Å².